The number of benzene rings is 2. The molecule has 2 unspecified atom stereocenters. The maximum Gasteiger partial charge on any atom is -0.0106 e. The van der Waals surface area contributed by atoms with E-state index in [-0.39, 0.29) is 0 Å². The molecule has 0 fully saturated rings. The van der Waals surface area contributed by atoms with E-state index in [1.807, 2.05) is 0 Å². The van der Waals surface area contributed by atoms with Crippen LogP contribution in [0, 0.1) is 0 Å². The van der Waals surface area contributed by atoms with Crippen molar-refractivity contribution in [3.8, 4) is 0 Å². The van der Waals surface area contributed by atoms with Gasteiger partial charge in [0.25, 0.3) is 0 Å². The molecule has 0 heterocycles. The molecule has 0 aliphatic heterocycles. The Morgan fingerprint density at radius 1 is 0.833 bits per heavy atom. The summed E-state index contributed by atoms with van der Waals surface area (Å²) in [4.78, 5) is 0. The van der Waals surface area contributed by atoms with Crippen LogP contribution < -0.4 is 10.6 Å². The Hall–Kier alpha value is -0.440. The second kappa shape index (κ2) is 3.13. The van der Waals surface area contributed by atoms with Crippen molar-refractivity contribution in [1.82, 2.24) is 0 Å². The molecule has 2 aromatic carbocycles. The predicted octanol–water partition coefficient (Wildman–Crippen LogP) is 1.84. The molecule has 0 spiro atoms. The van der Waals surface area contributed by atoms with E-state index in [1.165, 1.54) is 21.4 Å². The second-order valence-corrected chi connectivity index (χ2v) is 3.99. The molecule has 2 rings (SSSR count). The molecule has 0 aromatic heterocycles. The van der Waals surface area contributed by atoms with Crippen molar-refractivity contribution in [2.24, 2.45) is 0 Å². The highest BCUT2D eigenvalue weighted by Crippen LogP contribution is 2.12. The van der Waals surface area contributed by atoms with Crippen LogP contribution in [-0.4, -0.2) is 0 Å². The Balaban J connectivity index is 2.91. The number of hydrogen-bond acceptors (Lipinski definition) is 0. The normalized spacial score (nSPS) is 10.5. The molecule has 0 aliphatic carbocycles. The van der Waals surface area contributed by atoms with Crippen molar-refractivity contribution in [1.29, 1.82) is 0 Å². The quantitative estimate of drug-likeness (QED) is 0.559. The van der Waals surface area contributed by atoms with Gasteiger partial charge < -0.3 is 0 Å². The van der Waals surface area contributed by atoms with Gasteiger partial charge in [-0.25, -0.2) is 0 Å². The van der Waals surface area contributed by atoms with Gasteiger partial charge in [0, 0.05) is 0 Å². The molecule has 2 aromatic rings. The van der Waals surface area contributed by atoms with E-state index in [0.717, 1.165) is 0 Å². The topological polar surface area (TPSA) is 0 Å². The molecular formula is C10H10P2. The fourth-order valence-electron chi connectivity index (χ4n) is 1.31. The predicted molar refractivity (Wildman–Crippen MR) is 62.6 cm³/mol. The average molecular weight is 192 g/mol. The first-order valence-electron chi connectivity index (χ1n) is 3.82. The molecule has 2 heteroatoms. The number of fused-ring (bicyclic) bond motifs is 1. The summed E-state index contributed by atoms with van der Waals surface area (Å²) < 4.78 is 0. The van der Waals surface area contributed by atoms with Gasteiger partial charge in [-0.3, -0.25) is 0 Å². The summed E-state index contributed by atoms with van der Waals surface area (Å²) >= 11 is 0. The molecule has 12 heavy (non-hydrogen) atoms. The van der Waals surface area contributed by atoms with Crippen LogP contribution in [0.4, 0.5) is 0 Å². The molecule has 0 nitrogen and oxygen atoms in total. The summed E-state index contributed by atoms with van der Waals surface area (Å²) in [6.45, 7) is 0. The van der Waals surface area contributed by atoms with Crippen LogP contribution >= 0.6 is 18.5 Å². The minimum absolute atomic E-state index is 1.25. The summed E-state index contributed by atoms with van der Waals surface area (Å²) in [6.07, 6.45) is 0. The Kier molecular flexibility index (Phi) is 2.13. The molecule has 0 bridgehead atoms. The summed E-state index contributed by atoms with van der Waals surface area (Å²) in [5.74, 6) is 0. The smallest absolute Gasteiger partial charge is 0.0106 e. The number of rotatable bonds is 0. The van der Waals surface area contributed by atoms with Gasteiger partial charge >= 0.3 is 0 Å². The fourth-order valence-corrected chi connectivity index (χ4v) is 1.92. The van der Waals surface area contributed by atoms with Crippen LogP contribution in [0.3, 0.4) is 0 Å². The summed E-state index contributed by atoms with van der Waals surface area (Å²) in [6, 6.07) is 12.7. The van der Waals surface area contributed by atoms with E-state index < -0.39 is 0 Å². The largest absolute Gasteiger partial charge is 0.105 e. The zero-order chi connectivity index (χ0) is 8.55. The lowest BCUT2D eigenvalue weighted by Gasteiger charge is -2.03. The average Bonchev–Trinajstić information content (AvgIpc) is 2.12. The standard InChI is InChI=1S/C10H10P2/c11-9-6-5-7-3-1-2-4-8(7)10(9)12/h1-6H,11-12H2. The molecule has 0 aliphatic rings. The van der Waals surface area contributed by atoms with Gasteiger partial charge in [0.05, 0.1) is 0 Å². The molecule has 0 amide bonds. The van der Waals surface area contributed by atoms with E-state index in [2.05, 4.69) is 54.9 Å². The first-order chi connectivity index (χ1) is 5.79. The van der Waals surface area contributed by atoms with Crippen LogP contribution in [0.5, 0.6) is 0 Å². The van der Waals surface area contributed by atoms with Crippen molar-refractivity contribution >= 4 is 39.9 Å². The number of hydrogen-bond donors (Lipinski definition) is 0. The molecule has 60 valence electrons. The van der Waals surface area contributed by atoms with Gasteiger partial charge in [0.2, 0.25) is 0 Å². The zero-order valence-electron chi connectivity index (χ0n) is 6.62. The van der Waals surface area contributed by atoms with Crippen molar-refractivity contribution < 1.29 is 0 Å². The van der Waals surface area contributed by atoms with Crippen LogP contribution in [0.2, 0.25) is 0 Å². The minimum Gasteiger partial charge on any atom is -0.105 e. The zero-order valence-corrected chi connectivity index (χ0v) is 8.93. The lowest BCUT2D eigenvalue weighted by atomic mass is 10.1. The fraction of sp³-hybridized carbons (Fsp3) is 0. The molecule has 0 N–H and O–H groups in total. The van der Waals surface area contributed by atoms with Gasteiger partial charge in [-0.05, 0) is 21.4 Å². The van der Waals surface area contributed by atoms with Crippen LogP contribution in [0.25, 0.3) is 10.8 Å². The first-order valence-corrected chi connectivity index (χ1v) is 4.97. The van der Waals surface area contributed by atoms with Gasteiger partial charge in [0.1, 0.15) is 0 Å². The Bertz CT molecular complexity index is 421. The minimum atomic E-state index is 1.25. The highest BCUT2D eigenvalue weighted by Gasteiger charge is 1.97. The molecule has 0 saturated heterocycles. The van der Waals surface area contributed by atoms with Gasteiger partial charge in [-0.2, -0.15) is 0 Å². The highest BCUT2D eigenvalue weighted by molar-refractivity contribution is 7.36. The van der Waals surface area contributed by atoms with Crippen molar-refractivity contribution in [3.63, 3.8) is 0 Å². The Labute approximate surface area is 76.8 Å². The van der Waals surface area contributed by atoms with E-state index >= 15 is 0 Å². The van der Waals surface area contributed by atoms with Crippen molar-refractivity contribution in [2.75, 3.05) is 0 Å². The molecular weight excluding hydrogens is 182 g/mol. The van der Waals surface area contributed by atoms with Gasteiger partial charge in [-0.15, -0.1) is 18.5 Å². The Morgan fingerprint density at radius 2 is 1.58 bits per heavy atom. The molecule has 2 atom stereocenters. The maximum atomic E-state index is 2.78. The van der Waals surface area contributed by atoms with Crippen LogP contribution in [0.15, 0.2) is 36.4 Å². The Morgan fingerprint density at radius 3 is 2.42 bits per heavy atom. The van der Waals surface area contributed by atoms with E-state index in [4.69, 9.17) is 0 Å². The first kappa shape index (κ1) is 8.17. The summed E-state index contributed by atoms with van der Waals surface area (Å²) in [7, 11) is 5.52. The maximum absolute atomic E-state index is 2.78. The third-order valence-electron chi connectivity index (χ3n) is 2.00. The van der Waals surface area contributed by atoms with Crippen LogP contribution in [0.1, 0.15) is 0 Å². The van der Waals surface area contributed by atoms with Gasteiger partial charge in [-0.1, -0.05) is 36.4 Å². The lowest BCUT2D eigenvalue weighted by molar-refractivity contribution is 1.81. The van der Waals surface area contributed by atoms with Crippen molar-refractivity contribution in [3.05, 3.63) is 36.4 Å². The summed E-state index contributed by atoms with van der Waals surface area (Å²) in [5, 5.41) is 5.14. The highest BCUT2D eigenvalue weighted by atomic mass is 31.0. The summed E-state index contributed by atoms with van der Waals surface area (Å²) in [5.41, 5.74) is 0. The van der Waals surface area contributed by atoms with Gasteiger partial charge in [0.15, 0.2) is 0 Å². The van der Waals surface area contributed by atoms with Crippen molar-refractivity contribution in [2.45, 2.75) is 0 Å². The van der Waals surface area contributed by atoms with Crippen LogP contribution in [-0.2, 0) is 0 Å². The van der Waals surface area contributed by atoms with E-state index in [1.54, 1.807) is 0 Å². The monoisotopic (exact) mass is 192 g/mol. The third-order valence-corrected chi connectivity index (χ3v) is 3.49. The second-order valence-electron chi connectivity index (χ2n) is 2.79. The van der Waals surface area contributed by atoms with E-state index in [0.29, 0.717) is 0 Å². The van der Waals surface area contributed by atoms with E-state index in [9.17, 15) is 0 Å². The lowest BCUT2D eigenvalue weighted by Crippen LogP contribution is -2.10. The third kappa shape index (κ3) is 1.26. The molecule has 0 radical (unpaired) electrons. The molecule has 0 saturated carbocycles. The SMILES string of the molecule is Pc1ccc2ccccc2c1P.